The third-order valence-corrected chi connectivity index (χ3v) is 6.35. The summed E-state index contributed by atoms with van der Waals surface area (Å²) >= 11 is 6.14. The number of hydrogen-bond acceptors (Lipinski definition) is 5. The summed E-state index contributed by atoms with van der Waals surface area (Å²) in [7, 11) is 3.04. The molecule has 5 rings (SSSR count). The Bertz CT molecular complexity index is 1510. The molecule has 1 atom stereocenters. The molecule has 2 aromatic carbocycles. The number of halogens is 1. The van der Waals surface area contributed by atoms with Gasteiger partial charge in [0.05, 0.1) is 11.3 Å². The van der Waals surface area contributed by atoms with Gasteiger partial charge < -0.3 is 4.74 Å². The van der Waals surface area contributed by atoms with Crippen LogP contribution in [0.2, 0.25) is 5.02 Å². The molecule has 0 N–H and O–H groups in total. The summed E-state index contributed by atoms with van der Waals surface area (Å²) in [6.07, 6.45) is 0.198. The first-order chi connectivity index (χ1) is 15.8. The molecule has 0 unspecified atom stereocenters. The van der Waals surface area contributed by atoms with Crippen LogP contribution >= 0.6 is 11.6 Å². The van der Waals surface area contributed by atoms with Crippen molar-refractivity contribution < 1.29 is 9.53 Å². The van der Waals surface area contributed by atoms with E-state index in [0.717, 1.165) is 21.3 Å². The van der Waals surface area contributed by atoms with Crippen molar-refractivity contribution >= 4 is 34.9 Å². The van der Waals surface area contributed by atoms with Crippen molar-refractivity contribution in [2.75, 3.05) is 0 Å². The van der Waals surface area contributed by atoms with Crippen LogP contribution in [0.3, 0.4) is 0 Å². The van der Waals surface area contributed by atoms with E-state index >= 15 is 0 Å². The Morgan fingerprint density at radius 2 is 1.70 bits per heavy atom. The van der Waals surface area contributed by atoms with Crippen molar-refractivity contribution in [3.63, 3.8) is 0 Å². The lowest BCUT2D eigenvalue weighted by molar-refractivity contribution is -0.136. The molecule has 8 heteroatoms. The predicted molar refractivity (Wildman–Crippen MR) is 126 cm³/mol. The number of allylic oxidation sites excluding steroid dienone is 1. The number of ether oxygens (including phenoxy) is 1. The molecular formula is C25H20ClN3O4. The summed E-state index contributed by atoms with van der Waals surface area (Å²) in [4.78, 5) is 43.3. The molecule has 1 aromatic heterocycles. The standard InChI is InChI=1S/C25H20ClN3O4/c1-4-17(30)33-22-16-8-6-5-7-15(16)21-19(22)18(13-9-11-14(26)12-10-13)20-23(27-21)28(2)25(32)29(3)24(20)31/h5-12,18H,4H2,1-3H3/t18-/m0/s1. The minimum absolute atomic E-state index is 0.198. The molecule has 0 bridgehead atoms. The average molecular weight is 462 g/mol. The fourth-order valence-electron chi connectivity index (χ4n) is 4.46. The molecule has 3 aromatic rings. The van der Waals surface area contributed by atoms with Gasteiger partial charge in [-0.3, -0.25) is 18.7 Å². The van der Waals surface area contributed by atoms with Crippen LogP contribution in [0.15, 0.2) is 68.7 Å². The lowest BCUT2D eigenvalue weighted by atomic mass is 9.81. The second-order valence-corrected chi connectivity index (χ2v) is 8.44. The van der Waals surface area contributed by atoms with E-state index in [2.05, 4.69) is 0 Å². The monoisotopic (exact) mass is 461 g/mol. The van der Waals surface area contributed by atoms with Crippen molar-refractivity contribution in [3.05, 3.63) is 102 Å². The van der Waals surface area contributed by atoms with E-state index in [-0.39, 0.29) is 12.4 Å². The normalized spacial score (nSPS) is 16.1. The Balaban J connectivity index is 1.93. The van der Waals surface area contributed by atoms with Gasteiger partial charge in [-0.2, -0.15) is 0 Å². The first-order valence-corrected chi connectivity index (χ1v) is 10.9. The van der Waals surface area contributed by atoms with Crippen molar-refractivity contribution in [3.8, 4) is 0 Å². The van der Waals surface area contributed by atoms with Gasteiger partial charge in [0.2, 0.25) is 0 Å². The Morgan fingerprint density at radius 3 is 2.36 bits per heavy atom. The Kier molecular flexibility index (Phi) is 4.94. The summed E-state index contributed by atoms with van der Waals surface area (Å²) in [5.74, 6) is -0.317. The van der Waals surface area contributed by atoms with Crippen LogP contribution in [-0.2, 0) is 23.6 Å². The molecule has 2 aliphatic rings. The van der Waals surface area contributed by atoms with E-state index in [4.69, 9.17) is 21.3 Å². The topological polar surface area (TPSA) is 82.7 Å². The summed E-state index contributed by atoms with van der Waals surface area (Å²) in [6.45, 7) is 1.72. The SMILES string of the molecule is CCC(=O)OC1=C2C(=Nc3c(c(=O)n(C)c(=O)n3C)[C@H]2c2ccc(Cl)cc2)c2ccccc21. The predicted octanol–water partition coefficient (Wildman–Crippen LogP) is 3.68. The summed E-state index contributed by atoms with van der Waals surface area (Å²) in [5, 5.41) is 0.554. The van der Waals surface area contributed by atoms with E-state index in [1.807, 2.05) is 36.4 Å². The highest BCUT2D eigenvalue weighted by atomic mass is 35.5. The van der Waals surface area contributed by atoms with Crippen molar-refractivity contribution in [2.45, 2.75) is 19.3 Å². The van der Waals surface area contributed by atoms with Crippen LogP contribution in [0, 0.1) is 0 Å². The van der Waals surface area contributed by atoms with Gasteiger partial charge in [0.15, 0.2) is 0 Å². The van der Waals surface area contributed by atoms with Gasteiger partial charge >= 0.3 is 11.7 Å². The maximum atomic E-state index is 13.4. The van der Waals surface area contributed by atoms with Gasteiger partial charge in [0.1, 0.15) is 11.6 Å². The molecule has 0 saturated carbocycles. The second kappa shape index (κ2) is 7.71. The van der Waals surface area contributed by atoms with Crippen LogP contribution in [0.4, 0.5) is 5.82 Å². The highest BCUT2D eigenvalue weighted by molar-refractivity contribution is 6.30. The minimum Gasteiger partial charge on any atom is -0.425 e. The number of hydrogen-bond donors (Lipinski definition) is 0. The zero-order valence-corrected chi connectivity index (χ0v) is 19.0. The van der Waals surface area contributed by atoms with Crippen LogP contribution in [0.1, 0.15) is 41.5 Å². The molecule has 1 aliphatic carbocycles. The molecule has 0 saturated heterocycles. The fourth-order valence-corrected chi connectivity index (χ4v) is 4.58. The summed E-state index contributed by atoms with van der Waals surface area (Å²) in [5.41, 5.74) is 2.93. The number of esters is 1. The number of carbonyl (C=O) groups is 1. The largest absolute Gasteiger partial charge is 0.425 e. The minimum atomic E-state index is -0.609. The first kappa shape index (κ1) is 21.2. The highest BCUT2D eigenvalue weighted by Gasteiger charge is 2.42. The van der Waals surface area contributed by atoms with Gasteiger partial charge in [-0.15, -0.1) is 0 Å². The maximum absolute atomic E-state index is 13.4. The Hall–Kier alpha value is -3.71. The van der Waals surface area contributed by atoms with Gasteiger partial charge in [0, 0.05) is 48.2 Å². The van der Waals surface area contributed by atoms with E-state index in [9.17, 15) is 14.4 Å². The lowest BCUT2D eigenvalue weighted by Crippen LogP contribution is -2.41. The number of rotatable bonds is 3. The third kappa shape index (κ3) is 3.11. The van der Waals surface area contributed by atoms with Gasteiger partial charge in [0.25, 0.3) is 5.56 Å². The number of fused-ring (bicyclic) bond motifs is 4. The van der Waals surface area contributed by atoms with Crippen molar-refractivity contribution in [1.29, 1.82) is 0 Å². The number of benzene rings is 2. The third-order valence-electron chi connectivity index (χ3n) is 6.10. The molecule has 7 nitrogen and oxygen atoms in total. The van der Waals surface area contributed by atoms with E-state index in [1.165, 1.54) is 11.6 Å². The maximum Gasteiger partial charge on any atom is 0.332 e. The Labute approximate surface area is 194 Å². The molecule has 2 heterocycles. The highest BCUT2D eigenvalue weighted by Crippen LogP contribution is 2.48. The molecule has 0 amide bonds. The van der Waals surface area contributed by atoms with Crippen LogP contribution in [0.25, 0.3) is 5.76 Å². The van der Waals surface area contributed by atoms with E-state index < -0.39 is 17.2 Å². The molecule has 0 fully saturated rings. The molecule has 0 spiro atoms. The molecule has 33 heavy (non-hydrogen) atoms. The summed E-state index contributed by atoms with van der Waals surface area (Å²) < 4.78 is 8.28. The molecule has 0 radical (unpaired) electrons. The summed E-state index contributed by atoms with van der Waals surface area (Å²) in [6, 6.07) is 14.6. The van der Waals surface area contributed by atoms with Crippen LogP contribution in [-0.4, -0.2) is 20.8 Å². The van der Waals surface area contributed by atoms with E-state index in [1.54, 1.807) is 26.1 Å². The first-order valence-electron chi connectivity index (χ1n) is 10.5. The molecular weight excluding hydrogens is 442 g/mol. The zero-order valence-electron chi connectivity index (χ0n) is 18.3. The average Bonchev–Trinajstić information content (AvgIpc) is 3.14. The smallest absolute Gasteiger partial charge is 0.332 e. The number of aromatic nitrogens is 2. The van der Waals surface area contributed by atoms with Gasteiger partial charge in [-0.05, 0) is 17.7 Å². The van der Waals surface area contributed by atoms with Crippen molar-refractivity contribution in [2.24, 2.45) is 19.1 Å². The number of aliphatic imine (C=N–C) groups is 1. The quantitative estimate of drug-likeness (QED) is 0.557. The van der Waals surface area contributed by atoms with Crippen LogP contribution in [0.5, 0.6) is 0 Å². The number of carbonyl (C=O) groups excluding carboxylic acids is 1. The second-order valence-electron chi connectivity index (χ2n) is 8.00. The molecule has 166 valence electrons. The fraction of sp³-hybridized carbons (Fsp3) is 0.200. The Morgan fingerprint density at radius 1 is 1.03 bits per heavy atom. The number of nitrogens with zero attached hydrogens (tertiary/aromatic N) is 3. The van der Waals surface area contributed by atoms with Crippen LogP contribution < -0.4 is 11.2 Å². The van der Waals surface area contributed by atoms with Crippen molar-refractivity contribution in [1.82, 2.24) is 9.13 Å². The molecule has 1 aliphatic heterocycles. The van der Waals surface area contributed by atoms with E-state index in [0.29, 0.717) is 33.4 Å². The van der Waals surface area contributed by atoms with Gasteiger partial charge in [-0.25, -0.2) is 9.79 Å². The van der Waals surface area contributed by atoms with Gasteiger partial charge in [-0.1, -0.05) is 54.9 Å². The zero-order chi connectivity index (χ0) is 23.4. The lowest BCUT2D eigenvalue weighted by Gasteiger charge is -2.27.